The van der Waals surface area contributed by atoms with Crippen molar-refractivity contribution in [3.05, 3.63) is 17.5 Å². The van der Waals surface area contributed by atoms with Gasteiger partial charge in [-0.3, -0.25) is 19.1 Å². The van der Waals surface area contributed by atoms with Crippen molar-refractivity contribution < 1.29 is 19.5 Å². The number of hydrogen-bond acceptors (Lipinski definition) is 4. The molecule has 124 valence electrons. The van der Waals surface area contributed by atoms with Crippen LogP contribution in [0, 0.1) is 5.92 Å². The van der Waals surface area contributed by atoms with Crippen molar-refractivity contribution in [2.24, 2.45) is 5.92 Å². The molecule has 2 heterocycles. The molecule has 1 aliphatic carbocycles. The van der Waals surface area contributed by atoms with E-state index in [0.717, 1.165) is 0 Å². The Kier molecular flexibility index (Phi) is 4.06. The van der Waals surface area contributed by atoms with Crippen molar-refractivity contribution in [2.75, 3.05) is 13.6 Å². The number of hydrogen-bond donors (Lipinski definition) is 2. The van der Waals surface area contributed by atoms with Crippen LogP contribution in [0.15, 0.2) is 6.07 Å². The van der Waals surface area contributed by atoms with Gasteiger partial charge in [0.1, 0.15) is 5.69 Å². The van der Waals surface area contributed by atoms with Gasteiger partial charge in [-0.2, -0.15) is 5.10 Å². The number of aromatic nitrogens is 2. The van der Waals surface area contributed by atoms with Gasteiger partial charge < -0.3 is 15.3 Å². The van der Waals surface area contributed by atoms with Gasteiger partial charge in [-0.1, -0.05) is 0 Å². The first-order valence-corrected chi connectivity index (χ1v) is 7.82. The third-order valence-corrected chi connectivity index (χ3v) is 4.64. The standard InChI is InChI=1S/C15H20N4O4/c1-18-6-7-19-12(14(18)21)8-11(17-19)13(20)16-10-4-2-9(3-5-10)15(22)23/h8-10H,2-7H2,1H3,(H,16,20)(H,22,23). The molecule has 3 rings (SSSR count). The van der Waals surface area contributed by atoms with Crippen molar-refractivity contribution in [3.8, 4) is 0 Å². The first-order chi connectivity index (χ1) is 11.0. The Bertz CT molecular complexity index is 646. The van der Waals surface area contributed by atoms with E-state index in [-0.39, 0.29) is 29.5 Å². The number of nitrogens with one attached hydrogen (secondary N) is 1. The fourth-order valence-electron chi connectivity index (χ4n) is 3.16. The first kappa shape index (κ1) is 15.5. The fourth-order valence-corrected chi connectivity index (χ4v) is 3.16. The van der Waals surface area contributed by atoms with Gasteiger partial charge in [-0.05, 0) is 25.7 Å². The van der Waals surface area contributed by atoms with Gasteiger partial charge in [0.15, 0.2) is 5.69 Å². The third-order valence-electron chi connectivity index (χ3n) is 4.64. The predicted octanol–water partition coefficient (Wildman–Crippen LogP) is 0.342. The number of amides is 2. The molecular weight excluding hydrogens is 300 g/mol. The number of carbonyl (C=O) groups is 3. The molecule has 0 radical (unpaired) electrons. The van der Waals surface area contributed by atoms with E-state index in [1.807, 2.05) is 0 Å². The number of carbonyl (C=O) groups excluding carboxylic acids is 2. The van der Waals surface area contributed by atoms with Crippen LogP contribution in [0.5, 0.6) is 0 Å². The predicted molar refractivity (Wildman–Crippen MR) is 80.0 cm³/mol. The van der Waals surface area contributed by atoms with Gasteiger partial charge in [0.2, 0.25) is 0 Å². The Morgan fingerprint density at radius 2 is 1.96 bits per heavy atom. The van der Waals surface area contributed by atoms with Crippen molar-refractivity contribution in [2.45, 2.75) is 38.3 Å². The van der Waals surface area contributed by atoms with Crippen molar-refractivity contribution in [1.82, 2.24) is 20.0 Å². The second kappa shape index (κ2) is 6.02. The smallest absolute Gasteiger partial charge is 0.306 e. The van der Waals surface area contributed by atoms with Crippen molar-refractivity contribution in [3.63, 3.8) is 0 Å². The molecule has 1 saturated carbocycles. The highest BCUT2D eigenvalue weighted by atomic mass is 16.4. The van der Waals surface area contributed by atoms with Crippen LogP contribution >= 0.6 is 0 Å². The molecule has 0 bridgehead atoms. The Morgan fingerprint density at radius 1 is 1.26 bits per heavy atom. The molecule has 8 heteroatoms. The molecule has 0 unspecified atom stereocenters. The molecule has 0 atom stereocenters. The van der Waals surface area contributed by atoms with Crippen LogP contribution in [0.2, 0.25) is 0 Å². The zero-order valence-electron chi connectivity index (χ0n) is 13.0. The van der Waals surface area contributed by atoms with Gasteiger partial charge in [-0.25, -0.2) is 0 Å². The van der Waals surface area contributed by atoms with E-state index in [2.05, 4.69) is 10.4 Å². The lowest BCUT2D eigenvalue weighted by molar-refractivity contribution is -0.142. The lowest BCUT2D eigenvalue weighted by Crippen LogP contribution is -2.39. The van der Waals surface area contributed by atoms with Crippen LogP contribution in [0.4, 0.5) is 0 Å². The number of fused-ring (bicyclic) bond motifs is 1. The van der Waals surface area contributed by atoms with E-state index < -0.39 is 5.97 Å². The highest BCUT2D eigenvalue weighted by Gasteiger charge is 2.29. The van der Waals surface area contributed by atoms with Gasteiger partial charge in [-0.15, -0.1) is 0 Å². The highest BCUT2D eigenvalue weighted by Crippen LogP contribution is 2.24. The minimum absolute atomic E-state index is 0.0322. The first-order valence-electron chi connectivity index (χ1n) is 7.82. The Hall–Kier alpha value is -2.38. The van der Waals surface area contributed by atoms with E-state index in [1.54, 1.807) is 16.6 Å². The summed E-state index contributed by atoms with van der Waals surface area (Å²) in [5, 5.41) is 16.1. The Morgan fingerprint density at radius 3 is 2.61 bits per heavy atom. The maximum atomic E-state index is 12.3. The maximum Gasteiger partial charge on any atom is 0.306 e. The molecule has 0 saturated heterocycles. The summed E-state index contributed by atoms with van der Waals surface area (Å²) in [6, 6.07) is 1.49. The van der Waals surface area contributed by atoms with Crippen LogP contribution in [-0.2, 0) is 11.3 Å². The molecule has 23 heavy (non-hydrogen) atoms. The summed E-state index contributed by atoms with van der Waals surface area (Å²) in [6.45, 7) is 1.16. The minimum atomic E-state index is -0.765. The van der Waals surface area contributed by atoms with E-state index in [9.17, 15) is 14.4 Å². The summed E-state index contributed by atoms with van der Waals surface area (Å²) in [5.41, 5.74) is 0.669. The molecule has 1 fully saturated rings. The molecule has 1 aromatic heterocycles. The molecule has 0 spiro atoms. The summed E-state index contributed by atoms with van der Waals surface area (Å²) < 4.78 is 1.57. The number of nitrogens with zero attached hydrogens (tertiary/aromatic N) is 3. The van der Waals surface area contributed by atoms with Gasteiger partial charge >= 0.3 is 5.97 Å². The quantitative estimate of drug-likeness (QED) is 0.836. The largest absolute Gasteiger partial charge is 0.481 e. The monoisotopic (exact) mass is 320 g/mol. The summed E-state index contributed by atoms with van der Waals surface area (Å²) in [4.78, 5) is 36.9. The normalized spacial score (nSPS) is 24.2. The zero-order chi connectivity index (χ0) is 16.6. The molecule has 0 aromatic carbocycles. The average Bonchev–Trinajstić information content (AvgIpc) is 2.96. The Balaban J connectivity index is 1.63. The van der Waals surface area contributed by atoms with Gasteiger partial charge in [0.25, 0.3) is 11.8 Å². The molecule has 1 aliphatic heterocycles. The third kappa shape index (κ3) is 3.06. The number of likely N-dealkylation sites (N-methyl/N-ethyl adjacent to an activating group) is 1. The lowest BCUT2D eigenvalue weighted by atomic mass is 9.86. The summed E-state index contributed by atoms with van der Waals surface area (Å²) in [7, 11) is 1.72. The van der Waals surface area contributed by atoms with Crippen LogP contribution < -0.4 is 5.32 Å². The SMILES string of the molecule is CN1CCn2nc(C(=O)NC3CCC(C(=O)O)CC3)cc2C1=O. The summed E-state index contributed by atoms with van der Waals surface area (Å²) in [5.74, 6) is -1.51. The molecule has 2 aliphatic rings. The van der Waals surface area contributed by atoms with E-state index in [0.29, 0.717) is 44.5 Å². The number of carboxylic acids is 1. The second-order valence-electron chi connectivity index (χ2n) is 6.22. The molecule has 2 N–H and O–H groups in total. The zero-order valence-corrected chi connectivity index (χ0v) is 13.0. The topological polar surface area (TPSA) is 105 Å². The number of carboxylic acid groups (broad SMARTS) is 1. The lowest BCUT2D eigenvalue weighted by Gasteiger charge is -2.26. The number of rotatable bonds is 3. The van der Waals surface area contributed by atoms with E-state index >= 15 is 0 Å². The summed E-state index contributed by atoms with van der Waals surface area (Å²) >= 11 is 0. The van der Waals surface area contributed by atoms with Gasteiger partial charge in [0, 0.05) is 25.7 Å². The Labute approximate surface area is 133 Å². The molecule has 2 amide bonds. The van der Waals surface area contributed by atoms with Crippen molar-refractivity contribution >= 4 is 17.8 Å². The minimum Gasteiger partial charge on any atom is -0.481 e. The van der Waals surface area contributed by atoms with Crippen LogP contribution in [-0.4, -0.2) is 57.2 Å². The van der Waals surface area contributed by atoms with Crippen LogP contribution in [0.1, 0.15) is 46.7 Å². The molecule has 8 nitrogen and oxygen atoms in total. The summed E-state index contributed by atoms with van der Waals surface area (Å²) in [6.07, 6.45) is 2.45. The number of aliphatic carboxylic acids is 1. The average molecular weight is 320 g/mol. The van der Waals surface area contributed by atoms with Crippen molar-refractivity contribution in [1.29, 1.82) is 0 Å². The van der Waals surface area contributed by atoms with Crippen LogP contribution in [0.25, 0.3) is 0 Å². The van der Waals surface area contributed by atoms with Gasteiger partial charge in [0.05, 0.1) is 12.5 Å². The highest BCUT2D eigenvalue weighted by molar-refractivity contribution is 5.98. The van der Waals surface area contributed by atoms with E-state index in [1.165, 1.54) is 6.07 Å². The maximum absolute atomic E-state index is 12.3. The fraction of sp³-hybridized carbons (Fsp3) is 0.600. The molecular formula is C15H20N4O4. The molecule has 1 aromatic rings. The van der Waals surface area contributed by atoms with E-state index in [4.69, 9.17) is 5.11 Å². The second-order valence-corrected chi connectivity index (χ2v) is 6.22. The van der Waals surface area contributed by atoms with Crippen LogP contribution in [0.3, 0.4) is 0 Å².